The molecule has 0 aromatic carbocycles. The first-order valence-electron chi connectivity index (χ1n) is 12.2. The Labute approximate surface area is 217 Å². The fourth-order valence-corrected chi connectivity index (χ4v) is 4.86. The van der Waals surface area contributed by atoms with E-state index in [0.717, 1.165) is 43.1 Å². The van der Waals surface area contributed by atoms with Gasteiger partial charge in [0, 0.05) is 61.8 Å². The Bertz CT molecular complexity index is 1280. The lowest BCUT2D eigenvalue weighted by Crippen LogP contribution is -2.53. The quantitative estimate of drug-likeness (QED) is 0.536. The Kier molecular flexibility index (Phi) is 7.47. The Morgan fingerprint density at radius 3 is 2.32 bits per heavy atom. The van der Waals surface area contributed by atoms with Crippen molar-refractivity contribution in [2.45, 2.75) is 57.8 Å². The second kappa shape index (κ2) is 10.5. The fraction of sp³-hybridized carbons (Fsp3) is 0.480. The molecule has 0 aliphatic carbocycles. The molecule has 1 saturated heterocycles. The van der Waals surface area contributed by atoms with Crippen molar-refractivity contribution < 1.29 is 32.3 Å². The minimum Gasteiger partial charge on any atom is -0.475 e. The van der Waals surface area contributed by atoms with E-state index >= 15 is 0 Å². The molecular weight excluding hydrogens is 505 g/mol. The number of aliphatic carboxylic acids is 1. The van der Waals surface area contributed by atoms with E-state index in [9.17, 15) is 18.0 Å². The van der Waals surface area contributed by atoms with Gasteiger partial charge in [-0.1, -0.05) is 0 Å². The number of halogens is 3. The van der Waals surface area contributed by atoms with E-state index in [-0.39, 0.29) is 17.4 Å². The van der Waals surface area contributed by atoms with Crippen LogP contribution in [0.1, 0.15) is 60.1 Å². The van der Waals surface area contributed by atoms with E-state index in [2.05, 4.69) is 34.9 Å². The van der Waals surface area contributed by atoms with Crippen molar-refractivity contribution in [1.29, 1.82) is 0 Å². The molecule has 0 unspecified atom stereocenters. The number of anilines is 1. The summed E-state index contributed by atoms with van der Waals surface area (Å²) >= 11 is 0. The molecule has 5 rings (SSSR count). The topological polar surface area (TPSA) is 118 Å². The van der Waals surface area contributed by atoms with Gasteiger partial charge in [0.1, 0.15) is 5.76 Å². The first-order chi connectivity index (χ1) is 17.9. The molecule has 5 heterocycles. The number of hydrogen-bond donors (Lipinski definition) is 1. The summed E-state index contributed by atoms with van der Waals surface area (Å²) in [4.78, 5) is 35.3. The number of alkyl halides is 3. The zero-order valence-electron chi connectivity index (χ0n) is 21.3. The first-order valence-corrected chi connectivity index (χ1v) is 12.2. The van der Waals surface area contributed by atoms with Crippen molar-refractivity contribution in [2.24, 2.45) is 0 Å². The zero-order valence-corrected chi connectivity index (χ0v) is 21.3. The molecule has 3 aromatic rings. The van der Waals surface area contributed by atoms with Gasteiger partial charge in [-0.25, -0.2) is 14.8 Å². The fourth-order valence-electron chi connectivity index (χ4n) is 4.86. The van der Waals surface area contributed by atoms with Crippen LogP contribution in [0.15, 0.2) is 41.4 Å². The first kappa shape index (κ1) is 27.1. The molecule has 3 aromatic heterocycles. The number of piperidine rings is 1. The molecule has 0 bridgehead atoms. The number of furan rings is 1. The SMILES string of the molecule is Cc1occc1C(=O)N1Cc2cn(C(C)C)nc2C2(CCN(c3ncccn3)CC2)C1.O=C(O)C(F)(F)F. The van der Waals surface area contributed by atoms with Crippen LogP contribution < -0.4 is 4.90 Å². The Hall–Kier alpha value is -3.90. The molecule has 1 spiro atoms. The Balaban J connectivity index is 0.000000426. The largest absolute Gasteiger partial charge is 0.490 e. The molecule has 204 valence electrons. The maximum Gasteiger partial charge on any atom is 0.490 e. The van der Waals surface area contributed by atoms with Gasteiger partial charge in [-0.05, 0) is 45.7 Å². The predicted molar refractivity (Wildman–Crippen MR) is 130 cm³/mol. The molecule has 2 aliphatic heterocycles. The van der Waals surface area contributed by atoms with Crippen LogP contribution in [0.3, 0.4) is 0 Å². The Morgan fingerprint density at radius 2 is 1.79 bits per heavy atom. The highest BCUT2D eigenvalue weighted by Crippen LogP contribution is 2.42. The second-order valence-electron chi connectivity index (χ2n) is 9.75. The summed E-state index contributed by atoms with van der Waals surface area (Å²) in [5.41, 5.74) is 2.79. The van der Waals surface area contributed by atoms with Crippen LogP contribution in [-0.2, 0) is 16.8 Å². The van der Waals surface area contributed by atoms with Crippen LogP contribution in [0.4, 0.5) is 19.1 Å². The normalized spacial score (nSPS) is 16.7. The molecule has 0 atom stereocenters. The molecule has 13 heteroatoms. The molecule has 1 amide bonds. The molecule has 38 heavy (non-hydrogen) atoms. The zero-order chi connectivity index (χ0) is 27.7. The highest BCUT2D eigenvalue weighted by Gasteiger charge is 2.46. The number of aromatic nitrogens is 4. The van der Waals surface area contributed by atoms with E-state index in [1.54, 1.807) is 24.7 Å². The van der Waals surface area contributed by atoms with Crippen molar-refractivity contribution in [3.05, 3.63) is 59.6 Å². The van der Waals surface area contributed by atoms with Gasteiger partial charge in [-0.2, -0.15) is 18.3 Å². The third-order valence-electron chi connectivity index (χ3n) is 6.87. The molecule has 0 saturated carbocycles. The third-order valence-corrected chi connectivity index (χ3v) is 6.87. The van der Waals surface area contributed by atoms with Gasteiger partial charge in [-0.3, -0.25) is 9.48 Å². The van der Waals surface area contributed by atoms with Crippen molar-refractivity contribution >= 4 is 17.8 Å². The molecule has 10 nitrogen and oxygen atoms in total. The van der Waals surface area contributed by atoms with Gasteiger partial charge in [0.05, 0.1) is 17.5 Å². The van der Waals surface area contributed by atoms with E-state index in [1.165, 1.54) is 0 Å². The lowest BCUT2D eigenvalue weighted by molar-refractivity contribution is -0.192. The number of carbonyl (C=O) groups is 2. The molecule has 0 radical (unpaired) electrons. The Morgan fingerprint density at radius 1 is 1.16 bits per heavy atom. The number of carbonyl (C=O) groups excluding carboxylic acids is 1. The number of amides is 1. The summed E-state index contributed by atoms with van der Waals surface area (Å²) in [5.74, 6) is -1.29. The van der Waals surface area contributed by atoms with E-state index in [4.69, 9.17) is 19.4 Å². The average molecular weight is 535 g/mol. The van der Waals surface area contributed by atoms with E-state index in [1.807, 2.05) is 22.6 Å². The number of fused-ring (bicyclic) bond motifs is 2. The lowest BCUT2D eigenvalue weighted by Gasteiger charge is -2.46. The predicted octanol–water partition coefficient (Wildman–Crippen LogP) is 3.98. The third kappa shape index (κ3) is 5.50. The van der Waals surface area contributed by atoms with Crippen LogP contribution in [0, 0.1) is 6.92 Å². The number of aryl methyl sites for hydroxylation is 1. The van der Waals surface area contributed by atoms with Gasteiger partial charge < -0.3 is 19.3 Å². The van der Waals surface area contributed by atoms with Crippen molar-refractivity contribution in [1.82, 2.24) is 24.6 Å². The molecule has 1 fully saturated rings. The van der Waals surface area contributed by atoms with Gasteiger partial charge in [0.2, 0.25) is 5.95 Å². The van der Waals surface area contributed by atoms with Crippen LogP contribution in [0.5, 0.6) is 0 Å². The van der Waals surface area contributed by atoms with Crippen molar-refractivity contribution in [2.75, 3.05) is 24.5 Å². The van der Waals surface area contributed by atoms with Gasteiger partial charge in [-0.15, -0.1) is 0 Å². The summed E-state index contributed by atoms with van der Waals surface area (Å²) in [5, 5.41) is 12.1. The van der Waals surface area contributed by atoms with Crippen LogP contribution in [-0.4, -0.2) is 67.4 Å². The molecule has 1 N–H and O–H groups in total. The number of nitrogens with zero attached hydrogens (tertiary/aromatic N) is 6. The smallest absolute Gasteiger partial charge is 0.475 e. The maximum absolute atomic E-state index is 13.4. The molecular formula is C25H29F3N6O4. The highest BCUT2D eigenvalue weighted by molar-refractivity contribution is 5.95. The lowest BCUT2D eigenvalue weighted by atomic mass is 9.72. The standard InChI is InChI=1S/C23H28N6O2.C2HF3O2/c1-16(2)29-14-18-13-28(21(30)19-5-12-31-17(19)3)15-23(20(18)26-29)6-10-27(11-7-23)22-24-8-4-9-25-22;3-2(4,5)1(6)7/h4-5,8-9,12,14,16H,6-7,10-11,13,15H2,1-3H3;(H,6,7). The van der Waals surface area contributed by atoms with E-state index < -0.39 is 12.1 Å². The van der Waals surface area contributed by atoms with Gasteiger partial charge in [0.25, 0.3) is 5.91 Å². The highest BCUT2D eigenvalue weighted by atomic mass is 19.4. The minimum absolute atomic E-state index is 0.0300. The van der Waals surface area contributed by atoms with Crippen LogP contribution in [0.25, 0.3) is 0 Å². The summed E-state index contributed by atoms with van der Waals surface area (Å²) in [7, 11) is 0. The number of carboxylic acids is 1. The van der Waals surface area contributed by atoms with E-state index in [0.29, 0.717) is 24.4 Å². The minimum atomic E-state index is -5.08. The number of hydrogen-bond acceptors (Lipinski definition) is 7. The second-order valence-corrected chi connectivity index (χ2v) is 9.75. The van der Waals surface area contributed by atoms with Crippen molar-refractivity contribution in [3.8, 4) is 0 Å². The summed E-state index contributed by atoms with van der Waals surface area (Å²) < 4.78 is 39.2. The number of rotatable bonds is 3. The van der Waals surface area contributed by atoms with Crippen LogP contribution >= 0.6 is 0 Å². The maximum atomic E-state index is 13.4. The summed E-state index contributed by atoms with van der Waals surface area (Å²) in [6.07, 6.45) is 3.99. The van der Waals surface area contributed by atoms with Gasteiger partial charge in [0.15, 0.2) is 0 Å². The summed E-state index contributed by atoms with van der Waals surface area (Å²) in [6.45, 7) is 9.04. The number of carboxylic acid groups (broad SMARTS) is 1. The van der Waals surface area contributed by atoms with Crippen LogP contribution in [0.2, 0.25) is 0 Å². The summed E-state index contributed by atoms with van der Waals surface area (Å²) in [6, 6.07) is 3.88. The van der Waals surface area contributed by atoms with Crippen molar-refractivity contribution in [3.63, 3.8) is 0 Å². The monoisotopic (exact) mass is 534 g/mol. The average Bonchev–Trinajstić information content (AvgIpc) is 3.51. The van der Waals surface area contributed by atoms with Gasteiger partial charge >= 0.3 is 12.1 Å². The molecule has 2 aliphatic rings.